The van der Waals surface area contributed by atoms with Crippen LogP contribution in [0.1, 0.15) is 13.8 Å². The Morgan fingerprint density at radius 1 is 1.67 bits per heavy atom. The molecule has 6 heavy (non-hydrogen) atoms. The maximum Gasteiger partial charge on any atom is 0.0300 e. The molecule has 0 rings (SSSR count). The van der Waals surface area contributed by atoms with Crippen molar-refractivity contribution in [3.8, 4) is 12.5 Å². The minimum atomic E-state index is 0.928. The molecule has 1 heteroatoms. The second-order valence-corrected chi connectivity index (χ2v) is 1.19. The van der Waals surface area contributed by atoms with Crippen molar-refractivity contribution in [3.63, 3.8) is 0 Å². The normalized spacial score (nSPS) is 6.17. The van der Waals surface area contributed by atoms with E-state index in [9.17, 15) is 0 Å². The molecule has 32 valence electrons. The van der Waals surface area contributed by atoms with Crippen LogP contribution in [0.2, 0.25) is 0 Å². The van der Waals surface area contributed by atoms with Gasteiger partial charge in [-0.3, -0.25) is 0 Å². The summed E-state index contributed by atoms with van der Waals surface area (Å²) in [6.07, 6.45) is 4.79. The third-order valence-electron chi connectivity index (χ3n) is 0.288. The van der Waals surface area contributed by atoms with Crippen LogP contribution in [0.25, 0.3) is 0 Å². The molecule has 0 saturated heterocycles. The molecule has 1 nitrogen and oxygen atoms in total. The number of terminal acetylenes is 1. The lowest BCUT2D eigenvalue weighted by Crippen LogP contribution is -1.73. The number of hydrogen-bond acceptors (Lipinski definition) is 1. The van der Waals surface area contributed by atoms with Gasteiger partial charge in [-0.2, -0.15) is 0 Å². The average Bonchev–Trinajstić information content (AvgIpc) is 1.35. The van der Waals surface area contributed by atoms with Gasteiger partial charge in [-0.15, -0.1) is 0 Å². The van der Waals surface area contributed by atoms with Gasteiger partial charge in [0.05, 0.1) is 0 Å². The molecule has 0 spiro atoms. The number of hydrogen-bond donors (Lipinski definition) is 0. The van der Waals surface area contributed by atoms with Gasteiger partial charge in [0, 0.05) is 11.8 Å². The molecule has 0 bridgehead atoms. The highest BCUT2D eigenvalue weighted by Crippen LogP contribution is 1.67. The van der Waals surface area contributed by atoms with Crippen molar-refractivity contribution in [2.24, 2.45) is 4.99 Å². The monoisotopic (exact) mass is 81.1 g/mol. The lowest BCUT2D eigenvalue weighted by Gasteiger charge is -1.72. The fraction of sp³-hybridized carbons (Fsp3) is 0.400. The number of rotatable bonds is 0. The molecule has 0 atom stereocenters. The van der Waals surface area contributed by atoms with Crippen LogP contribution in [0.3, 0.4) is 0 Å². The van der Waals surface area contributed by atoms with Crippen molar-refractivity contribution < 1.29 is 0 Å². The maximum atomic E-state index is 4.79. The molecule has 0 aliphatic heterocycles. The maximum absolute atomic E-state index is 4.79. The van der Waals surface area contributed by atoms with E-state index in [4.69, 9.17) is 6.42 Å². The summed E-state index contributed by atoms with van der Waals surface area (Å²) in [4.78, 5) is 3.57. The Labute approximate surface area is 38.1 Å². The third kappa shape index (κ3) is 3.23. The van der Waals surface area contributed by atoms with Gasteiger partial charge in [0.25, 0.3) is 0 Å². The van der Waals surface area contributed by atoms with E-state index < -0.39 is 0 Å². The van der Waals surface area contributed by atoms with Crippen LogP contribution in [0.15, 0.2) is 4.99 Å². The third-order valence-corrected chi connectivity index (χ3v) is 0.288. The molecule has 0 unspecified atom stereocenters. The largest absolute Gasteiger partial charge is 0.208 e. The molecule has 0 fully saturated rings. The first-order chi connectivity index (χ1) is 2.77. The zero-order valence-corrected chi connectivity index (χ0v) is 4.02. The molecular weight excluding hydrogens is 74.1 g/mol. The molecule has 0 N–H and O–H groups in total. The second-order valence-electron chi connectivity index (χ2n) is 1.19. The molecule has 0 saturated carbocycles. The van der Waals surface area contributed by atoms with Crippen LogP contribution in [0.5, 0.6) is 0 Å². The quantitative estimate of drug-likeness (QED) is 0.305. The van der Waals surface area contributed by atoms with E-state index in [0.717, 1.165) is 5.71 Å². The van der Waals surface area contributed by atoms with Gasteiger partial charge in [0.1, 0.15) is 0 Å². The summed E-state index contributed by atoms with van der Waals surface area (Å²) >= 11 is 0. The molecule has 0 heterocycles. The van der Waals surface area contributed by atoms with E-state index in [2.05, 4.69) is 11.0 Å². The van der Waals surface area contributed by atoms with E-state index >= 15 is 0 Å². The van der Waals surface area contributed by atoms with E-state index in [0.29, 0.717) is 0 Å². The van der Waals surface area contributed by atoms with Crippen molar-refractivity contribution in [3.05, 3.63) is 0 Å². The Balaban J connectivity index is 3.51. The molecule has 0 aromatic heterocycles. The Morgan fingerprint density at radius 2 is 2.17 bits per heavy atom. The fourth-order valence-electron chi connectivity index (χ4n) is 0.129. The topological polar surface area (TPSA) is 12.4 Å². The SMILES string of the molecule is C#CN=C(C)C. The number of nitrogens with zero attached hydrogens (tertiary/aromatic N) is 1. The molecular formula is C5H7N. The zero-order valence-electron chi connectivity index (χ0n) is 4.02. The second kappa shape index (κ2) is 2.47. The van der Waals surface area contributed by atoms with Crippen molar-refractivity contribution in [2.75, 3.05) is 0 Å². The Hall–Kier alpha value is -0.770. The van der Waals surface area contributed by atoms with Crippen LogP contribution in [0, 0.1) is 12.5 Å². The van der Waals surface area contributed by atoms with Crippen LogP contribution < -0.4 is 0 Å². The highest BCUT2D eigenvalue weighted by molar-refractivity contribution is 5.79. The summed E-state index contributed by atoms with van der Waals surface area (Å²) in [7, 11) is 0. The summed E-state index contributed by atoms with van der Waals surface area (Å²) < 4.78 is 0. The minimum absolute atomic E-state index is 0.928. The van der Waals surface area contributed by atoms with Gasteiger partial charge < -0.3 is 0 Å². The summed E-state index contributed by atoms with van der Waals surface area (Å²) in [5.74, 6) is 0. The van der Waals surface area contributed by atoms with Crippen molar-refractivity contribution >= 4 is 5.71 Å². The van der Waals surface area contributed by atoms with Crippen LogP contribution in [0.4, 0.5) is 0 Å². The van der Waals surface area contributed by atoms with Gasteiger partial charge >= 0.3 is 0 Å². The first-order valence-electron chi connectivity index (χ1n) is 1.74. The zero-order chi connectivity index (χ0) is 4.99. The minimum Gasteiger partial charge on any atom is -0.208 e. The van der Waals surface area contributed by atoms with Crippen LogP contribution in [-0.2, 0) is 0 Å². The summed E-state index contributed by atoms with van der Waals surface area (Å²) in [6.45, 7) is 3.72. The lowest BCUT2D eigenvalue weighted by atomic mass is 10.5. The average molecular weight is 81.1 g/mol. The van der Waals surface area contributed by atoms with E-state index in [1.807, 2.05) is 13.8 Å². The van der Waals surface area contributed by atoms with E-state index in [1.165, 1.54) is 0 Å². The predicted octanol–water partition coefficient (Wildman–Crippen LogP) is 1.06. The highest BCUT2D eigenvalue weighted by atomic mass is 14.7. The Kier molecular flexibility index (Phi) is 2.15. The fourth-order valence-corrected chi connectivity index (χ4v) is 0.129. The van der Waals surface area contributed by atoms with Crippen molar-refractivity contribution in [1.29, 1.82) is 0 Å². The van der Waals surface area contributed by atoms with Crippen molar-refractivity contribution in [1.82, 2.24) is 0 Å². The van der Waals surface area contributed by atoms with Gasteiger partial charge in [-0.25, -0.2) is 4.99 Å². The first-order valence-corrected chi connectivity index (χ1v) is 1.74. The summed E-state index contributed by atoms with van der Waals surface area (Å²) in [5.41, 5.74) is 0.928. The molecule has 0 aliphatic carbocycles. The van der Waals surface area contributed by atoms with Gasteiger partial charge in [-0.1, -0.05) is 6.42 Å². The molecule has 0 aromatic carbocycles. The van der Waals surface area contributed by atoms with Gasteiger partial charge in [-0.05, 0) is 13.8 Å². The summed E-state index contributed by atoms with van der Waals surface area (Å²) in [6, 6.07) is 2.16. The van der Waals surface area contributed by atoms with Crippen LogP contribution in [-0.4, -0.2) is 5.71 Å². The standard InChI is InChI=1S/C5H7N/c1-4-6-5(2)3/h1H,2-3H3. The van der Waals surface area contributed by atoms with E-state index in [1.54, 1.807) is 0 Å². The van der Waals surface area contributed by atoms with E-state index in [-0.39, 0.29) is 0 Å². The molecule has 0 aliphatic rings. The molecule has 0 radical (unpaired) electrons. The lowest BCUT2D eigenvalue weighted by molar-refractivity contribution is 1.58. The first kappa shape index (κ1) is 5.23. The smallest absolute Gasteiger partial charge is 0.0300 e. The highest BCUT2D eigenvalue weighted by Gasteiger charge is 1.65. The summed E-state index contributed by atoms with van der Waals surface area (Å²) in [5, 5.41) is 0. The molecule has 0 aromatic rings. The van der Waals surface area contributed by atoms with Crippen molar-refractivity contribution in [2.45, 2.75) is 13.8 Å². The van der Waals surface area contributed by atoms with Crippen LogP contribution >= 0.6 is 0 Å². The molecule has 0 amide bonds. The number of aliphatic imine (C=N–C) groups is 1. The Morgan fingerprint density at radius 3 is 2.17 bits per heavy atom. The predicted molar refractivity (Wildman–Crippen MR) is 27.6 cm³/mol. The Bertz CT molecular complexity index is 91.0. The van der Waals surface area contributed by atoms with Gasteiger partial charge in [0.15, 0.2) is 0 Å². The van der Waals surface area contributed by atoms with Gasteiger partial charge in [0.2, 0.25) is 0 Å².